The van der Waals surface area contributed by atoms with Crippen molar-refractivity contribution in [1.82, 2.24) is 9.88 Å². The van der Waals surface area contributed by atoms with Crippen molar-refractivity contribution in [3.8, 4) is 0 Å². The molecule has 0 N–H and O–H groups in total. The fourth-order valence-corrected chi connectivity index (χ4v) is 3.22. The van der Waals surface area contributed by atoms with Gasteiger partial charge in [0, 0.05) is 31.0 Å². The van der Waals surface area contributed by atoms with E-state index in [0.29, 0.717) is 11.5 Å². The van der Waals surface area contributed by atoms with Crippen LogP contribution in [-0.4, -0.2) is 28.9 Å². The molecule has 1 saturated heterocycles. The highest BCUT2D eigenvalue weighted by atomic mass is 19.1. The minimum Gasteiger partial charge on any atom is -0.338 e. The molecule has 1 aliphatic heterocycles. The first kappa shape index (κ1) is 15.7. The van der Waals surface area contributed by atoms with Gasteiger partial charge in [0.1, 0.15) is 5.82 Å². The largest absolute Gasteiger partial charge is 0.338 e. The van der Waals surface area contributed by atoms with Crippen LogP contribution in [0.3, 0.4) is 0 Å². The van der Waals surface area contributed by atoms with E-state index in [1.807, 2.05) is 17.0 Å². The third-order valence-electron chi connectivity index (χ3n) is 4.51. The van der Waals surface area contributed by atoms with Crippen molar-refractivity contribution in [3.63, 3.8) is 0 Å². The Hall–Kier alpha value is -2.23. The topological polar surface area (TPSA) is 33.2 Å². The fraction of sp³-hybridized carbons (Fsp3) is 0.368. The first-order valence-electron chi connectivity index (χ1n) is 8.17. The van der Waals surface area contributed by atoms with Gasteiger partial charge < -0.3 is 4.90 Å². The number of halogens is 1. The number of piperidine rings is 1. The zero-order valence-electron chi connectivity index (χ0n) is 13.1. The molecule has 1 fully saturated rings. The van der Waals surface area contributed by atoms with Gasteiger partial charge in [0.25, 0.3) is 5.91 Å². The van der Waals surface area contributed by atoms with Crippen molar-refractivity contribution in [2.75, 3.05) is 13.1 Å². The number of benzene rings is 1. The van der Waals surface area contributed by atoms with Crippen molar-refractivity contribution in [1.29, 1.82) is 0 Å². The number of nitrogens with zero attached hydrogens (tertiary/aromatic N) is 2. The average molecular weight is 312 g/mol. The molecule has 2 aromatic rings. The summed E-state index contributed by atoms with van der Waals surface area (Å²) >= 11 is 0. The van der Waals surface area contributed by atoms with E-state index in [1.54, 1.807) is 30.6 Å². The van der Waals surface area contributed by atoms with Crippen LogP contribution >= 0.6 is 0 Å². The Balaban J connectivity index is 1.58. The number of pyridine rings is 1. The van der Waals surface area contributed by atoms with Gasteiger partial charge >= 0.3 is 0 Å². The normalized spacial score (nSPS) is 18.0. The fourth-order valence-electron chi connectivity index (χ4n) is 3.22. The maximum Gasteiger partial charge on any atom is 0.253 e. The van der Waals surface area contributed by atoms with E-state index >= 15 is 0 Å². The number of aromatic nitrogens is 1. The molecule has 3 rings (SSSR count). The number of carbonyl (C=O) groups is 1. The number of aryl methyl sites for hydroxylation is 1. The van der Waals surface area contributed by atoms with E-state index in [2.05, 4.69) is 4.98 Å². The van der Waals surface area contributed by atoms with Gasteiger partial charge in [-0.25, -0.2) is 4.39 Å². The van der Waals surface area contributed by atoms with Crippen molar-refractivity contribution >= 4 is 5.91 Å². The standard InChI is InChI=1S/C19H21FN2O/c20-18-6-2-1-5-16(18)8-7-15-4-3-13-22(14-15)19(23)17-9-11-21-12-10-17/h1-2,5-6,9-12,15H,3-4,7-8,13-14H2/t15-/m0/s1. The molecule has 0 spiro atoms. The summed E-state index contributed by atoms with van der Waals surface area (Å²) in [7, 11) is 0. The molecule has 0 radical (unpaired) electrons. The summed E-state index contributed by atoms with van der Waals surface area (Å²) in [6.07, 6.45) is 7.06. The highest BCUT2D eigenvalue weighted by Crippen LogP contribution is 2.23. The molecule has 3 nitrogen and oxygen atoms in total. The number of carbonyl (C=O) groups excluding carboxylic acids is 1. The molecule has 1 aliphatic rings. The van der Waals surface area contributed by atoms with Gasteiger partial charge in [0.15, 0.2) is 0 Å². The van der Waals surface area contributed by atoms with E-state index < -0.39 is 0 Å². The highest BCUT2D eigenvalue weighted by Gasteiger charge is 2.24. The monoisotopic (exact) mass is 312 g/mol. The maximum atomic E-state index is 13.7. The van der Waals surface area contributed by atoms with Crippen LogP contribution in [-0.2, 0) is 6.42 Å². The lowest BCUT2D eigenvalue weighted by atomic mass is 9.91. The predicted molar refractivity (Wildman–Crippen MR) is 87.6 cm³/mol. The van der Waals surface area contributed by atoms with Crippen molar-refractivity contribution in [2.45, 2.75) is 25.7 Å². The van der Waals surface area contributed by atoms with Crippen LogP contribution in [0.15, 0.2) is 48.8 Å². The lowest BCUT2D eigenvalue weighted by Gasteiger charge is -2.33. The van der Waals surface area contributed by atoms with Crippen LogP contribution in [0.2, 0.25) is 0 Å². The molecule has 1 atom stereocenters. The second kappa shape index (κ2) is 7.36. The van der Waals surface area contributed by atoms with Crippen LogP contribution in [0.1, 0.15) is 35.2 Å². The van der Waals surface area contributed by atoms with Gasteiger partial charge in [-0.05, 0) is 55.4 Å². The second-order valence-corrected chi connectivity index (χ2v) is 6.13. The van der Waals surface area contributed by atoms with E-state index in [0.717, 1.165) is 44.3 Å². The first-order chi connectivity index (χ1) is 11.2. The summed E-state index contributed by atoms with van der Waals surface area (Å²) in [5, 5.41) is 0. The van der Waals surface area contributed by atoms with Crippen LogP contribution in [0.4, 0.5) is 4.39 Å². The van der Waals surface area contributed by atoms with Crippen LogP contribution in [0.5, 0.6) is 0 Å². The quantitative estimate of drug-likeness (QED) is 0.862. The number of hydrogen-bond donors (Lipinski definition) is 0. The average Bonchev–Trinajstić information content (AvgIpc) is 2.61. The number of likely N-dealkylation sites (tertiary alicyclic amines) is 1. The van der Waals surface area contributed by atoms with Crippen molar-refractivity contribution < 1.29 is 9.18 Å². The molecule has 0 saturated carbocycles. The highest BCUT2D eigenvalue weighted by molar-refractivity contribution is 5.94. The molecule has 23 heavy (non-hydrogen) atoms. The van der Waals surface area contributed by atoms with Crippen molar-refractivity contribution in [3.05, 3.63) is 65.7 Å². The third kappa shape index (κ3) is 3.95. The minimum absolute atomic E-state index is 0.0722. The van der Waals surface area contributed by atoms with Gasteiger partial charge in [-0.3, -0.25) is 9.78 Å². The second-order valence-electron chi connectivity index (χ2n) is 6.13. The Morgan fingerprint density at radius 2 is 2.00 bits per heavy atom. The molecular formula is C19H21FN2O. The van der Waals surface area contributed by atoms with Gasteiger partial charge in [0.05, 0.1) is 0 Å². The minimum atomic E-state index is -0.131. The van der Waals surface area contributed by atoms with E-state index in [4.69, 9.17) is 0 Å². The summed E-state index contributed by atoms with van der Waals surface area (Å²) in [5.74, 6) is 0.380. The maximum absolute atomic E-state index is 13.7. The van der Waals surface area contributed by atoms with E-state index in [9.17, 15) is 9.18 Å². The summed E-state index contributed by atoms with van der Waals surface area (Å²) in [5.41, 5.74) is 1.46. The van der Waals surface area contributed by atoms with E-state index in [-0.39, 0.29) is 11.7 Å². The lowest BCUT2D eigenvalue weighted by molar-refractivity contribution is 0.0668. The van der Waals surface area contributed by atoms with Crippen LogP contribution in [0.25, 0.3) is 0 Å². The SMILES string of the molecule is O=C(c1ccncc1)N1CCC[C@@H](CCc2ccccc2F)C1. The molecule has 1 aromatic heterocycles. The molecule has 0 unspecified atom stereocenters. The molecular weight excluding hydrogens is 291 g/mol. The number of rotatable bonds is 4. The summed E-state index contributed by atoms with van der Waals surface area (Å²) < 4.78 is 13.7. The van der Waals surface area contributed by atoms with Gasteiger partial charge in [0.2, 0.25) is 0 Å². The van der Waals surface area contributed by atoms with Gasteiger partial charge in [-0.1, -0.05) is 18.2 Å². The summed E-state index contributed by atoms with van der Waals surface area (Å²) in [6.45, 7) is 1.56. The molecule has 4 heteroatoms. The zero-order chi connectivity index (χ0) is 16.1. The Kier molecular flexibility index (Phi) is 5.01. The molecule has 0 aliphatic carbocycles. The number of amides is 1. The molecule has 1 amide bonds. The van der Waals surface area contributed by atoms with Crippen LogP contribution in [0, 0.1) is 11.7 Å². The van der Waals surface area contributed by atoms with Crippen molar-refractivity contribution in [2.24, 2.45) is 5.92 Å². The van der Waals surface area contributed by atoms with Gasteiger partial charge in [-0.2, -0.15) is 0 Å². The lowest BCUT2D eigenvalue weighted by Crippen LogP contribution is -2.40. The molecule has 0 bridgehead atoms. The molecule has 120 valence electrons. The molecule has 1 aromatic carbocycles. The third-order valence-corrected chi connectivity index (χ3v) is 4.51. The smallest absolute Gasteiger partial charge is 0.253 e. The summed E-state index contributed by atoms with van der Waals surface area (Å²) in [4.78, 5) is 18.4. The summed E-state index contributed by atoms with van der Waals surface area (Å²) in [6, 6.07) is 10.5. The Bertz CT molecular complexity index is 659. The zero-order valence-corrected chi connectivity index (χ0v) is 13.1. The predicted octanol–water partition coefficient (Wildman–Crippen LogP) is 3.71. The Labute approximate surface area is 136 Å². The molecule has 2 heterocycles. The van der Waals surface area contributed by atoms with Crippen LogP contribution < -0.4 is 0 Å². The number of hydrogen-bond acceptors (Lipinski definition) is 2. The first-order valence-corrected chi connectivity index (χ1v) is 8.17. The van der Waals surface area contributed by atoms with Gasteiger partial charge in [-0.15, -0.1) is 0 Å². The Morgan fingerprint density at radius 1 is 1.22 bits per heavy atom. The van der Waals surface area contributed by atoms with E-state index in [1.165, 1.54) is 6.07 Å². The Morgan fingerprint density at radius 3 is 2.78 bits per heavy atom.